The molecule has 2 unspecified atom stereocenters. The summed E-state index contributed by atoms with van der Waals surface area (Å²) in [5.74, 6) is 0.307. The van der Waals surface area contributed by atoms with Crippen molar-refractivity contribution >= 4 is 21.6 Å². The van der Waals surface area contributed by atoms with E-state index in [1.807, 2.05) is 0 Å². The highest BCUT2D eigenvalue weighted by molar-refractivity contribution is 7.89. The summed E-state index contributed by atoms with van der Waals surface area (Å²) in [6, 6.07) is -0.209. The van der Waals surface area contributed by atoms with E-state index >= 15 is 0 Å². The van der Waals surface area contributed by atoms with Crippen molar-refractivity contribution in [1.82, 2.24) is 9.88 Å². The molecule has 0 aliphatic heterocycles. The third kappa shape index (κ3) is 2.70. The number of halogens is 1. The Hall–Kier alpha value is -0.590. The monoisotopic (exact) mass is 292 g/mol. The van der Waals surface area contributed by atoms with E-state index in [0.29, 0.717) is 11.5 Å². The Balaban J connectivity index is 2.22. The van der Waals surface area contributed by atoms with Gasteiger partial charge in [-0.1, -0.05) is 18.0 Å². The van der Waals surface area contributed by atoms with Crippen molar-refractivity contribution in [2.24, 2.45) is 0 Å². The summed E-state index contributed by atoms with van der Waals surface area (Å²) in [6.45, 7) is 3.21. The van der Waals surface area contributed by atoms with E-state index < -0.39 is 10.0 Å². The van der Waals surface area contributed by atoms with Gasteiger partial charge in [-0.15, -0.1) is 11.6 Å². The number of nitrogens with one attached hydrogen (secondary N) is 1. The van der Waals surface area contributed by atoms with Crippen molar-refractivity contribution in [1.29, 1.82) is 0 Å². The topological polar surface area (TPSA) is 72.2 Å². The van der Waals surface area contributed by atoms with Gasteiger partial charge in [0.1, 0.15) is 10.6 Å². The zero-order valence-corrected chi connectivity index (χ0v) is 12.0. The van der Waals surface area contributed by atoms with Gasteiger partial charge in [-0.25, -0.2) is 13.1 Å². The number of rotatable bonds is 3. The molecule has 0 saturated heterocycles. The summed E-state index contributed by atoms with van der Waals surface area (Å²) in [5, 5.41) is 3.52. The van der Waals surface area contributed by atoms with Crippen LogP contribution in [-0.4, -0.2) is 25.0 Å². The molecular weight excluding hydrogens is 276 g/mol. The Morgan fingerprint density at radius 2 is 2.00 bits per heavy atom. The van der Waals surface area contributed by atoms with E-state index in [4.69, 9.17) is 16.1 Å². The number of aryl methyl sites for hydroxylation is 2. The van der Waals surface area contributed by atoms with Crippen LogP contribution in [0.5, 0.6) is 0 Å². The standard InChI is InChI=1S/C11H17ClN2O3S/c1-7-11(8(2)17-13-7)18(15,16)14-10-6-4-3-5-9(10)12/h9-10,14H,3-6H2,1-2H3. The summed E-state index contributed by atoms with van der Waals surface area (Å²) in [6.07, 6.45) is 3.67. The summed E-state index contributed by atoms with van der Waals surface area (Å²) in [7, 11) is -3.60. The van der Waals surface area contributed by atoms with Crippen LogP contribution in [0, 0.1) is 13.8 Å². The lowest BCUT2D eigenvalue weighted by Gasteiger charge is -2.27. The van der Waals surface area contributed by atoms with Gasteiger partial charge in [-0.2, -0.15) is 0 Å². The number of nitrogens with zero attached hydrogens (tertiary/aromatic N) is 1. The molecule has 7 heteroatoms. The molecule has 1 fully saturated rings. The predicted octanol–water partition coefficient (Wildman–Crippen LogP) is 2.12. The maximum absolute atomic E-state index is 12.3. The smallest absolute Gasteiger partial charge is 0.246 e. The first-order valence-corrected chi connectivity index (χ1v) is 7.93. The first-order chi connectivity index (χ1) is 8.42. The number of hydrogen-bond acceptors (Lipinski definition) is 4. The van der Waals surface area contributed by atoms with Crippen molar-refractivity contribution in [2.45, 2.75) is 55.8 Å². The summed E-state index contributed by atoms with van der Waals surface area (Å²) < 4.78 is 32.1. The third-order valence-corrected chi connectivity index (χ3v) is 5.48. The molecule has 102 valence electrons. The van der Waals surface area contributed by atoms with Gasteiger partial charge < -0.3 is 4.52 Å². The summed E-state index contributed by atoms with van der Waals surface area (Å²) >= 11 is 6.16. The molecule has 2 rings (SSSR count). The fourth-order valence-electron chi connectivity index (χ4n) is 2.33. The molecule has 1 saturated carbocycles. The summed E-state index contributed by atoms with van der Waals surface area (Å²) in [4.78, 5) is 0.136. The Morgan fingerprint density at radius 1 is 1.33 bits per heavy atom. The molecule has 1 aliphatic carbocycles. The highest BCUT2D eigenvalue weighted by atomic mass is 35.5. The normalized spacial score (nSPS) is 25.3. The van der Waals surface area contributed by atoms with Gasteiger partial charge >= 0.3 is 0 Å². The summed E-state index contributed by atoms with van der Waals surface area (Å²) in [5.41, 5.74) is 0.377. The van der Waals surface area contributed by atoms with Crippen LogP contribution in [0.1, 0.15) is 37.1 Å². The molecule has 0 amide bonds. The van der Waals surface area contributed by atoms with Crippen LogP contribution < -0.4 is 4.72 Å². The first kappa shape index (κ1) is 13.8. The Morgan fingerprint density at radius 3 is 2.56 bits per heavy atom. The van der Waals surface area contributed by atoms with Crippen molar-refractivity contribution in [3.05, 3.63) is 11.5 Å². The van der Waals surface area contributed by atoms with Crippen LogP contribution in [-0.2, 0) is 10.0 Å². The van der Waals surface area contributed by atoms with E-state index in [-0.39, 0.29) is 16.3 Å². The second-order valence-corrected chi connectivity index (χ2v) is 6.89. The van der Waals surface area contributed by atoms with Crippen LogP contribution in [0.15, 0.2) is 9.42 Å². The molecule has 0 aromatic carbocycles. The van der Waals surface area contributed by atoms with Crippen LogP contribution in [0.4, 0.5) is 0 Å². The molecule has 18 heavy (non-hydrogen) atoms. The number of aromatic nitrogens is 1. The van der Waals surface area contributed by atoms with Crippen LogP contribution in [0.2, 0.25) is 0 Å². The number of alkyl halides is 1. The molecule has 2 atom stereocenters. The highest BCUT2D eigenvalue weighted by Gasteiger charge is 2.31. The van der Waals surface area contributed by atoms with Crippen molar-refractivity contribution < 1.29 is 12.9 Å². The minimum atomic E-state index is -3.60. The fraction of sp³-hybridized carbons (Fsp3) is 0.727. The second kappa shape index (κ2) is 5.19. The Labute approximate surface area is 112 Å². The predicted molar refractivity (Wildman–Crippen MR) is 68.2 cm³/mol. The highest BCUT2D eigenvalue weighted by Crippen LogP contribution is 2.26. The quantitative estimate of drug-likeness (QED) is 0.866. The SMILES string of the molecule is Cc1noc(C)c1S(=O)(=O)NC1CCCCC1Cl. The van der Waals surface area contributed by atoms with Gasteiger partial charge in [0.2, 0.25) is 10.0 Å². The maximum Gasteiger partial charge on any atom is 0.246 e. The maximum atomic E-state index is 12.3. The van der Waals surface area contributed by atoms with Gasteiger partial charge in [0.25, 0.3) is 0 Å². The van der Waals surface area contributed by atoms with Crippen molar-refractivity contribution in [2.75, 3.05) is 0 Å². The Kier molecular flexibility index (Phi) is 3.99. The lowest BCUT2D eigenvalue weighted by Crippen LogP contribution is -2.42. The molecule has 1 N–H and O–H groups in total. The molecule has 1 aliphatic rings. The minimum absolute atomic E-state index is 0.136. The van der Waals surface area contributed by atoms with Crippen molar-refractivity contribution in [3.63, 3.8) is 0 Å². The van der Waals surface area contributed by atoms with Gasteiger partial charge in [0.15, 0.2) is 5.76 Å². The fourth-order valence-corrected chi connectivity index (χ4v) is 4.39. The molecular formula is C11H17ClN2O3S. The molecule has 1 aromatic rings. The van der Waals surface area contributed by atoms with Crippen LogP contribution in [0.25, 0.3) is 0 Å². The lowest BCUT2D eigenvalue weighted by molar-refractivity contribution is 0.390. The zero-order valence-electron chi connectivity index (χ0n) is 10.4. The largest absolute Gasteiger partial charge is 0.360 e. The number of hydrogen-bond donors (Lipinski definition) is 1. The lowest BCUT2D eigenvalue weighted by atomic mass is 9.96. The van der Waals surface area contributed by atoms with E-state index in [1.165, 1.54) is 0 Å². The van der Waals surface area contributed by atoms with E-state index in [0.717, 1.165) is 25.7 Å². The van der Waals surface area contributed by atoms with E-state index in [2.05, 4.69) is 9.88 Å². The molecule has 0 radical (unpaired) electrons. The molecule has 0 bridgehead atoms. The molecule has 0 spiro atoms. The minimum Gasteiger partial charge on any atom is -0.360 e. The first-order valence-electron chi connectivity index (χ1n) is 6.01. The van der Waals surface area contributed by atoms with Crippen molar-refractivity contribution in [3.8, 4) is 0 Å². The van der Waals surface area contributed by atoms with Gasteiger partial charge in [-0.3, -0.25) is 0 Å². The zero-order chi connectivity index (χ0) is 13.3. The average molecular weight is 293 g/mol. The second-order valence-electron chi connectivity index (χ2n) is 4.68. The molecule has 1 aromatic heterocycles. The van der Waals surface area contributed by atoms with Crippen LogP contribution >= 0.6 is 11.6 Å². The van der Waals surface area contributed by atoms with E-state index in [9.17, 15) is 8.42 Å². The van der Waals surface area contributed by atoms with Gasteiger partial charge in [0.05, 0.1) is 0 Å². The Bertz CT molecular complexity index is 507. The third-order valence-electron chi connectivity index (χ3n) is 3.22. The molecule has 5 nitrogen and oxygen atoms in total. The number of sulfonamides is 1. The van der Waals surface area contributed by atoms with Crippen LogP contribution in [0.3, 0.4) is 0 Å². The van der Waals surface area contributed by atoms with E-state index in [1.54, 1.807) is 13.8 Å². The average Bonchev–Trinajstić information content (AvgIpc) is 2.62. The van der Waals surface area contributed by atoms with Gasteiger partial charge in [-0.05, 0) is 26.7 Å². The van der Waals surface area contributed by atoms with Gasteiger partial charge in [0, 0.05) is 11.4 Å². The molecule has 1 heterocycles.